The van der Waals surface area contributed by atoms with Gasteiger partial charge in [0.2, 0.25) is 0 Å². The Morgan fingerprint density at radius 2 is 1.53 bits per heavy atom. The van der Waals surface area contributed by atoms with Crippen molar-refractivity contribution in [3.05, 3.63) is 0 Å². The number of ether oxygens (including phenoxy) is 1. The van der Waals surface area contributed by atoms with Crippen LogP contribution >= 0.6 is 23.2 Å². The van der Waals surface area contributed by atoms with E-state index in [4.69, 9.17) is 0 Å². The van der Waals surface area contributed by atoms with Gasteiger partial charge < -0.3 is 4.74 Å². The van der Waals surface area contributed by atoms with Gasteiger partial charge in [0.25, 0.3) is 5.60 Å². The molecule has 17 heavy (non-hydrogen) atoms. The summed E-state index contributed by atoms with van der Waals surface area (Å²) < 4.78 is 56.9. The molecule has 0 spiro atoms. The second-order valence-corrected chi connectivity index (χ2v) is 11.2. The van der Waals surface area contributed by atoms with Crippen molar-refractivity contribution < 1.29 is 27.1 Å². The topological polar surface area (TPSA) is 26.3 Å². The molecule has 0 amide bonds. The number of hydrogen-bond donors (Lipinski definition) is 0. The summed E-state index contributed by atoms with van der Waals surface area (Å²) in [6.07, 6.45) is 0. The summed E-state index contributed by atoms with van der Waals surface area (Å²) in [6.45, 7) is 4.45. The fraction of sp³-hybridized carbons (Fsp3) is 0.875. The predicted molar refractivity (Wildman–Crippen MR) is 57.5 cm³/mol. The van der Waals surface area contributed by atoms with Crippen molar-refractivity contribution in [1.29, 1.82) is 0 Å². The Bertz CT molecular complexity index is 331. The average Bonchev–Trinajstić information content (AvgIpc) is 1.89. The first-order valence-electron chi connectivity index (χ1n) is 4.61. The molecule has 1 atom stereocenters. The maximum Gasteiger partial charge on any atom is 0.368 e. The first kappa shape index (κ1) is 15.0. The maximum absolute atomic E-state index is 13.2. The van der Waals surface area contributed by atoms with Crippen molar-refractivity contribution in [2.45, 2.75) is 41.5 Å². The minimum atomic E-state index is -4.43. The molecule has 9 heteroatoms. The zero-order valence-electron chi connectivity index (χ0n) is 9.16. The molecular formula is C8H10Cl2F4O2Si. The molecule has 0 N–H and O–H groups in total. The third-order valence-electron chi connectivity index (χ3n) is 2.61. The van der Waals surface area contributed by atoms with Crippen LogP contribution in [0.4, 0.5) is 17.6 Å². The van der Waals surface area contributed by atoms with Crippen LogP contribution in [-0.2, 0) is 9.53 Å². The Morgan fingerprint density at radius 1 is 1.18 bits per heavy atom. The summed E-state index contributed by atoms with van der Waals surface area (Å²) in [6, 6.07) is 0. The van der Waals surface area contributed by atoms with Crippen molar-refractivity contribution in [3.8, 4) is 0 Å². The number of hydrogen-bond acceptors (Lipinski definition) is 2. The van der Waals surface area contributed by atoms with Crippen molar-refractivity contribution in [1.82, 2.24) is 0 Å². The lowest BCUT2D eigenvalue weighted by molar-refractivity contribution is -0.279. The normalized spacial score (nSPS) is 25.2. The van der Waals surface area contributed by atoms with Crippen LogP contribution in [0.3, 0.4) is 0 Å². The van der Waals surface area contributed by atoms with Crippen LogP contribution in [-0.4, -0.2) is 30.4 Å². The third-order valence-corrected chi connectivity index (χ3v) is 5.55. The summed E-state index contributed by atoms with van der Waals surface area (Å²) >= 11 is 9.38. The van der Waals surface area contributed by atoms with Crippen LogP contribution in [0.15, 0.2) is 0 Å². The summed E-state index contributed by atoms with van der Waals surface area (Å²) in [5.41, 5.74) is -5.11. The Morgan fingerprint density at radius 3 is 1.65 bits per heavy atom. The van der Waals surface area contributed by atoms with E-state index >= 15 is 0 Å². The highest BCUT2D eigenvalue weighted by molar-refractivity contribution is 6.81. The van der Waals surface area contributed by atoms with E-state index in [9.17, 15) is 22.4 Å². The van der Waals surface area contributed by atoms with Gasteiger partial charge in [-0.2, -0.15) is 17.6 Å². The van der Waals surface area contributed by atoms with E-state index in [1.54, 1.807) is 0 Å². The molecule has 1 aliphatic rings. The molecule has 1 saturated heterocycles. The van der Waals surface area contributed by atoms with Crippen LogP contribution < -0.4 is 0 Å². The first-order chi connectivity index (χ1) is 7.25. The van der Waals surface area contributed by atoms with Gasteiger partial charge in [-0.25, -0.2) is 0 Å². The standard InChI is InChI=1S/C8H10Cl2F4O2Si/c1-17(2,3)4-5(15)16-6(4,7(9,11)12)8(10,13)14/h4H,1-3H3. The molecule has 1 heterocycles. The van der Waals surface area contributed by atoms with E-state index in [2.05, 4.69) is 27.9 Å². The monoisotopic (exact) mass is 312 g/mol. The molecule has 0 bridgehead atoms. The second kappa shape index (κ2) is 3.74. The van der Waals surface area contributed by atoms with Crippen LogP contribution in [0.5, 0.6) is 0 Å². The molecule has 0 aromatic rings. The fourth-order valence-corrected chi connectivity index (χ4v) is 5.12. The van der Waals surface area contributed by atoms with E-state index in [-0.39, 0.29) is 0 Å². The molecular weight excluding hydrogens is 303 g/mol. The van der Waals surface area contributed by atoms with Gasteiger partial charge in [0.15, 0.2) is 0 Å². The molecule has 0 aromatic heterocycles. The lowest BCUT2D eigenvalue weighted by atomic mass is 9.93. The van der Waals surface area contributed by atoms with Crippen LogP contribution in [0.25, 0.3) is 0 Å². The highest BCUT2D eigenvalue weighted by atomic mass is 35.5. The molecule has 1 rings (SSSR count). The molecule has 1 unspecified atom stereocenters. The lowest BCUT2D eigenvalue weighted by Crippen LogP contribution is -2.74. The van der Waals surface area contributed by atoms with E-state index in [0.717, 1.165) is 0 Å². The number of esters is 1. The summed E-state index contributed by atoms with van der Waals surface area (Å²) in [4.78, 5) is 11.2. The van der Waals surface area contributed by atoms with E-state index in [0.29, 0.717) is 0 Å². The van der Waals surface area contributed by atoms with Gasteiger partial charge in [-0.3, -0.25) is 4.79 Å². The van der Waals surface area contributed by atoms with E-state index in [1.165, 1.54) is 19.6 Å². The zero-order chi connectivity index (χ0) is 13.9. The zero-order valence-corrected chi connectivity index (χ0v) is 11.7. The van der Waals surface area contributed by atoms with Crippen LogP contribution in [0.1, 0.15) is 0 Å². The highest BCUT2D eigenvalue weighted by Gasteiger charge is 2.83. The Kier molecular flexibility index (Phi) is 3.31. The third kappa shape index (κ3) is 2.06. The first-order valence-corrected chi connectivity index (χ1v) is 8.95. The molecule has 1 fully saturated rings. The summed E-state index contributed by atoms with van der Waals surface area (Å²) in [7, 11) is -2.70. The Labute approximate surface area is 106 Å². The number of halogens is 6. The molecule has 0 saturated carbocycles. The van der Waals surface area contributed by atoms with E-state index < -0.39 is 35.9 Å². The minimum absolute atomic E-state index is 1.11. The van der Waals surface area contributed by atoms with E-state index in [1.807, 2.05) is 0 Å². The predicted octanol–water partition coefficient (Wildman–Crippen LogP) is 3.65. The molecule has 0 aromatic carbocycles. The number of cyclic esters (lactones) is 1. The van der Waals surface area contributed by atoms with Gasteiger partial charge in [0.05, 0.1) is 8.07 Å². The van der Waals surface area contributed by atoms with Gasteiger partial charge in [-0.15, -0.1) is 0 Å². The largest absolute Gasteiger partial charge is 0.442 e. The van der Waals surface area contributed by atoms with Gasteiger partial charge in [0.1, 0.15) is 5.54 Å². The molecule has 100 valence electrons. The van der Waals surface area contributed by atoms with Gasteiger partial charge in [-0.1, -0.05) is 19.6 Å². The number of rotatable bonds is 3. The molecule has 0 aliphatic carbocycles. The van der Waals surface area contributed by atoms with Crippen LogP contribution in [0, 0.1) is 0 Å². The van der Waals surface area contributed by atoms with Gasteiger partial charge in [-0.05, 0) is 23.2 Å². The SMILES string of the molecule is C[Si](C)(C)C1C(=O)OC1(C(F)(F)Cl)C(F)(F)Cl. The van der Waals surface area contributed by atoms with Crippen molar-refractivity contribution in [2.24, 2.45) is 0 Å². The summed E-state index contributed by atoms with van der Waals surface area (Å²) in [5, 5.41) is -8.87. The Balaban J connectivity index is 3.35. The fourth-order valence-electron chi connectivity index (χ4n) is 1.95. The average molecular weight is 313 g/mol. The number of carbonyl (C=O) groups is 1. The second-order valence-electron chi connectivity index (χ2n) is 4.95. The van der Waals surface area contributed by atoms with Gasteiger partial charge >= 0.3 is 16.7 Å². The minimum Gasteiger partial charge on any atom is -0.442 e. The molecule has 2 nitrogen and oxygen atoms in total. The lowest BCUT2D eigenvalue weighted by Gasteiger charge is -2.54. The smallest absolute Gasteiger partial charge is 0.368 e. The maximum atomic E-state index is 13.2. The van der Waals surface area contributed by atoms with Crippen molar-refractivity contribution in [3.63, 3.8) is 0 Å². The number of carbonyl (C=O) groups excluding carboxylic acids is 1. The highest BCUT2D eigenvalue weighted by Crippen LogP contribution is 2.63. The molecule has 0 radical (unpaired) electrons. The molecule has 1 aliphatic heterocycles. The van der Waals surface area contributed by atoms with Crippen molar-refractivity contribution in [2.75, 3.05) is 0 Å². The van der Waals surface area contributed by atoms with Crippen molar-refractivity contribution >= 4 is 37.2 Å². The van der Waals surface area contributed by atoms with Gasteiger partial charge in [0, 0.05) is 0 Å². The Hall–Kier alpha value is -0.0131. The number of alkyl halides is 6. The summed E-state index contributed by atoms with van der Waals surface area (Å²) in [5.74, 6) is -1.11. The quantitative estimate of drug-likeness (QED) is 0.344. The van der Waals surface area contributed by atoms with Crippen LogP contribution in [0.2, 0.25) is 25.2 Å².